The Kier molecular flexibility index (Phi) is 6.22. The minimum Gasteiger partial charge on any atom is -0.483 e. The highest BCUT2D eigenvalue weighted by atomic mass is 79.9. The van der Waals surface area contributed by atoms with E-state index in [4.69, 9.17) is 10.00 Å². The molecule has 0 saturated carbocycles. The summed E-state index contributed by atoms with van der Waals surface area (Å²) in [7, 11) is 0. The smallest absolute Gasteiger partial charge is 0.277 e. The van der Waals surface area contributed by atoms with E-state index in [1.165, 1.54) is 6.21 Å². The fourth-order valence-electron chi connectivity index (χ4n) is 2.35. The highest BCUT2D eigenvalue weighted by Gasteiger charge is 2.08. The Morgan fingerprint density at radius 1 is 1.15 bits per heavy atom. The number of ether oxygens (including phenoxy) is 1. The van der Waals surface area contributed by atoms with Crippen molar-refractivity contribution in [2.75, 3.05) is 6.61 Å². The maximum atomic E-state index is 11.9. The number of rotatable bonds is 5. The van der Waals surface area contributed by atoms with Crippen LogP contribution >= 0.6 is 31.9 Å². The van der Waals surface area contributed by atoms with E-state index >= 15 is 0 Å². The summed E-state index contributed by atoms with van der Waals surface area (Å²) in [6.07, 6.45) is 1.50. The van der Waals surface area contributed by atoms with Gasteiger partial charge in [0.25, 0.3) is 5.91 Å². The van der Waals surface area contributed by atoms with Gasteiger partial charge in [-0.15, -0.1) is 0 Å². The molecule has 27 heavy (non-hydrogen) atoms. The van der Waals surface area contributed by atoms with E-state index in [-0.39, 0.29) is 12.5 Å². The lowest BCUT2D eigenvalue weighted by atomic mass is 10.1. The van der Waals surface area contributed by atoms with Gasteiger partial charge in [0.1, 0.15) is 5.75 Å². The zero-order valence-electron chi connectivity index (χ0n) is 13.9. The molecule has 3 aromatic rings. The van der Waals surface area contributed by atoms with Gasteiger partial charge in [-0.25, -0.2) is 5.43 Å². The number of hydrogen-bond acceptors (Lipinski definition) is 4. The minimum absolute atomic E-state index is 0.161. The Labute approximate surface area is 172 Å². The lowest BCUT2D eigenvalue weighted by molar-refractivity contribution is -0.123. The molecule has 0 unspecified atom stereocenters. The normalized spacial score (nSPS) is 10.7. The molecule has 5 nitrogen and oxygen atoms in total. The second kappa shape index (κ2) is 8.80. The molecule has 1 amide bonds. The number of carbonyl (C=O) groups is 1. The second-order valence-electron chi connectivity index (χ2n) is 5.56. The van der Waals surface area contributed by atoms with Crippen molar-refractivity contribution in [3.05, 3.63) is 74.7 Å². The average molecular weight is 487 g/mol. The first-order chi connectivity index (χ1) is 13.1. The van der Waals surface area contributed by atoms with Gasteiger partial charge < -0.3 is 4.74 Å². The highest BCUT2D eigenvalue weighted by molar-refractivity contribution is 9.11. The van der Waals surface area contributed by atoms with Gasteiger partial charge in [-0.2, -0.15) is 10.4 Å². The van der Waals surface area contributed by atoms with E-state index in [9.17, 15) is 4.79 Å². The molecule has 0 aliphatic carbocycles. The topological polar surface area (TPSA) is 74.5 Å². The summed E-state index contributed by atoms with van der Waals surface area (Å²) < 4.78 is 7.38. The van der Waals surface area contributed by atoms with Crippen LogP contribution in [0.25, 0.3) is 10.8 Å². The molecular formula is C20H13Br2N3O2. The Morgan fingerprint density at radius 3 is 2.67 bits per heavy atom. The maximum Gasteiger partial charge on any atom is 0.277 e. The van der Waals surface area contributed by atoms with Crippen molar-refractivity contribution in [2.45, 2.75) is 0 Å². The molecule has 0 atom stereocenters. The first-order valence-corrected chi connectivity index (χ1v) is 9.48. The van der Waals surface area contributed by atoms with Crippen LogP contribution in [0.1, 0.15) is 11.1 Å². The fourth-order valence-corrected chi connectivity index (χ4v) is 3.34. The van der Waals surface area contributed by atoms with Crippen molar-refractivity contribution in [3.63, 3.8) is 0 Å². The number of benzene rings is 3. The summed E-state index contributed by atoms with van der Waals surface area (Å²) in [4.78, 5) is 11.9. The summed E-state index contributed by atoms with van der Waals surface area (Å²) in [6.45, 7) is -0.161. The van der Waals surface area contributed by atoms with Crippen LogP contribution in [0.5, 0.6) is 5.75 Å². The molecule has 0 bridgehead atoms. The highest BCUT2D eigenvalue weighted by Crippen LogP contribution is 2.34. The monoisotopic (exact) mass is 485 g/mol. The number of amides is 1. The number of hydrogen-bond donors (Lipinski definition) is 1. The van der Waals surface area contributed by atoms with Crippen LogP contribution in [0.4, 0.5) is 0 Å². The van der Waals surface area contributed by atoms with Crippen molar-refractivity contribution in [1.29, 1.82) is 5.26 Å². The van der Waals surface area contributed by atoms with Crippen LogP contribution in [0.2, 0.25) is 0 Å². The maximum absolute atomic E-state index is 11.9. The summed E-state index contributed by atoms with van der Waals surface area (Å²) in [5.41, 5.74) is 3.76. The molecule has 0 fully saturated rings. The number of carbonyl (C=O) groups excluding carboxylic acids is 1. The SMILES string of the molecule is N#Cc1ccc(C=NNC(=O)COc2ccc3cc(Br)ccc3c2Br)cc1. The van der Waals surface area contributed by atoms with Gasteiger partial charge >= 0.3 is 0 Å². The predicted molar refractivity (Wildman–Crippen MR) is 112 cm³/mol. The van der Waals surface area contributed by atoms with Gasteiger partial charge in [-0.3, -0.25) is 4.79 Å². The molecule has 3 aromatic carbocycles. The second-order valence-corrected chi connectivity index (χ2v) is 7.27. The van der Waals surface area contributed by atoms with Crippen LogP contribution in [0.15, 0.2) is 68.6 Å². The number of nitrogens with one attached hydrogen (secondary N) is 1. The molecule has 0 radical (unpaired) electrons. The van der Waals surface area contributed by atoms with Crippen molar-refractivity contribution in [2.24, 2.45) is 5.10 Å². The molecule has 0 aromatic heterocycles. The zero-order chi connectivity index (χ0) is 19.2. The first-order valence-electron chi connectivity index (χ1n) is 7.89. The molecule has 7 heteroatoms. The van der Waals surface area contributed by atoms with Gasteiger partial charge in [0.05, 0.1) is 22.3 Å². The van der Waals surface area contributed by atoms with E-state index in [0.717, 1.165) is 25.3 Å². The third-order valence-corrected chi connectivity index (χ3v) is 4.99. The molecule has 0 aliphatic rings. The summed E-state index contributed by atoms with van der Waals surface area (Å²) in [5, 5.41) is 14.7. The lowest BCUT2D eigenvalue weighted by Gasteiger charge is -2.10. The molecule has 0 heterocycles. The molecule has 134 valence electrons. The van der Waals surface area contributed by atoms with Crippen molar-refractivity contribution in [3.8, 4) is 11.8 Å². The van der Waals surface area contributed by atoms with Gasteiger partial charge in [0, 0.05) is 4.47 Å². The Morgan fingerprint density at radius 2 is 1.93 bits per heavy atom. The number of halogens is 2. The third kappa shape index (κ3) is 4.94. The molecule has 1 N–H and O–H groups in total. The lowest BCUT2D eigenvalue weighted by Crippen LogP contribution is -2.24. The van der Waals surface area contributed by atoms with Gasteiger partial charge in [0.2, 0.25) is 0 Å². The molecule has 0 spiro atoms. The van der Waals surface area contributed by atoms with Gasteiger partial charge in [-0.1, -0.05) is 40.2 Å². The van der Waals surface area contributed by atoms with E-state index in [1.807, 2.05) is 36.4 Å². The Hall–Kier alpha value is -2.69. The fraction of sp³-hybridized carbons (Fsp3) is 0.0500. The minimum atomic E-state index is -0.373. The van der Waals surface area contributed by atoms with Crippen LogP contribution in [0, 0.1) is 11.3 Å². The zero-order valence-corrected chi connectivity index (χ0v) is 17.1. The van der Waals surface area contributed by atoms with E-state index < -0.39 is 0 Å². The van der Waals surface area contributed by atoms with Crippen LogP contribution in [0.3, 0.4) is 0 Å². The van der Waals surface area contributed by atoms with Gasteiger partial charge in [0.15, 0.2) is 6.61 Å². The number of nitrogens with zero attached hydrogens (tertiary/aromatic N) is 2. The third-order valence-electron chi connectivity index (χ3n) is 3.68. The summed E-state index contributed by atoms with van der Waals surface area (Å²) in [6, 6.07) is 18.6. The predicted octanol–water partition coefficient (Wildman–Crippen LogP) is 4.77. The Balaban J connectivity index is 1.58. The summed E-state index contributed by atoms with van der Waals surface area (Å²) in [5.74, 6) is 0.207. The first kappa shape index (κ1) is 19.1. The van der Waals surface area contributed by atoms with Gasteiger partial charge in [-0.05, 0) is 62.6 Å². The van der Waals surface area contributed by atoms with E-state index in [0.29, 0.717) is 11.3 Å². The van der Waals surface area contributed by atoms with Crippen molar-refractivity contribution < 1.29 is 9.53 Å². The molecule has 3 rings (SSSR count). The molecular weight excluding hydrogens is 474 g/mol. The standard InChI is InChI=1S/C20H13Br2N3O2/c21-16-6-7-17-15(9-16)5-8-18(20(17)22)27-12-19(26)25-24-11-14-3-1-13(10-23)2-4-14/h1-9,11H,12H2,(H,25,26). The molecule has 0 saturated heterocycles. The van der Waals surface area contributed by atoms with Crippen LogP contribution in [-0.4, -0.2) is 18.7 Å². The number of hydrazone groups is 1. The number of fused-ring (bicyclic) bond motifs is 1. The van der Waals surface area contributed by atoms with Crippen LogP contribution < -0.4 is 10.2 Å². The van der Waals surface area contributed by atoms with Crippen molar-refractivity contribution >= 4 is 54.8 Å². The van der Waals surface area contributed by atoms with E-state index in [2.05, 4.69) is 42.4 Å². The number of nitriles is 1. The quantitative estimate of drug-likeness (QED) is 0.417. The Bertz CT molecular complexity index is 1060. The molecule has 0 aliphatic heterocycles. The largest absolute Gasteiger partial charge is 0.483 e. The summed E-state index contributed by atoms with van der Waals surface area (Å²) >= 11 is 6.97. The average Bonchev–Trinajstić information content (AvgIpc) is 2.68. The van der Waals surface area contributed by atoms with Crippen LogP contribution in [-0.2, 0) is 4.79 Å². The van der Waals surface area contributed by atoms with E-state index in [1.54, 1.807) is 24.3 Å². The van der Waals surface area contributed by atoms with Crippen molar-refractivity contribution in [1.82, 2.24) is 5.43 Å².